The number of furan rings is 1. The molecule has 0 aliphatic carbocycles. The number of carbonyl (C=O) groups excluding carboxylic acids is 3. The van der Waals surface area contributed by atoms with Crippen LogP contribution in [0.15, 0.2) is 131 Å². The number of hydrogen-bond acceptors (Lipinski definition) is 13. The van der Waals surface area contributed by atoms with Crippen LogP contribution < -0.4 is 20.3 Å². The number of nitrogens with one attached hydrogen (secondary N) is 2. The highest BCUT2D eigenvalue weighted by Crippen LogP contribution is 2.42. The van der Waals surface area contributed by atoms with Gasteiger partial charge in [-0.2, -0.15) is 0 Å². The summed E-state index contributed by atoms with van der Waals surface area (Å²) in [6.07, 6.45) is 1.33. The second-order valence-electron chi connectivity index (χ2n) is 22.5. The summed E-state index contributed by atoms with van der Waals surface area (Å²) in [6.45, 7) is 19.8. The molecule has 3 aliphatic heterocycles. The summed E-state index contributed by atoms with van der Waals surface area (Å²) in [5.74, 6) is 1.30. The molecule has 5 heterocycles. The second-order valence-corrected chi connectivity index (χ2v) is 27.2. The maximum absolute atomic E-state index is 14.1. The van der Waals surface area contributed by atoms with Gasteiger partial charge in [0.1, 0.15) is 42.2 Å². The monoisotopic (exact) mass is 1100 g/mol. The Morgan fingerprint density at radius 2 is 1.54 bits per heavy atom. The smallest absolute Gasteiger partial charge is 0.410 e. The zero-order valence-electron chi connectivity index (χ0n) is 46.7. The summed E-state index contributed by atoms with van der Waals surface area (Å²) in [5.41, 5.74) is 3.00. The lowest BCUT2D eigenvalue weighted by Crippen LogP contribution is -2.52. The van der Waals surface area contributed by atoms with Crippen LogP contribution in [-0.2, 0) is 36.6 Å². The Hall–Kier alpha value is -7.41. The van der Waals surface area contributed by atoms with E-state index >= 15 is 0 Å². The number of benzene rings is 4. The number of alkyl carbamates (subject to hydrolysis) is 1. The number of carboxylic acid groups (broad SMARTS) is 1. The van der Waals surface area contributed by atoms with Crippen molar-refractivity contribution >= 4 is 43.8 Å². The van der Waals surface area contributed by atoms with Gasteiger partial charge in [-0.05, 0) is 142 Å². The Morgan fingerprint density at radius 3 is 2.22 bits per heavy atom. The van der Waals surface area contributed by atoms with Crippen molar-refractivity contribution in [2.75, 3.05) is 39.3 Å². The zero-order valence-corrected chi connectivity index (χ0v) is 47.7. The number of rotatable bonds is 21. The highest BCUT2D eigenvalue weighted by molar-refractivity contribution is 6.74. The van der Waals surface area contributed by atoms with Crippen molar-refractivity contribution in [1.82, 2.24) is 20.1 Å². The first-order valence-electron chi connectivity index (χ1n) is 27.0. The van der Waals surface area contributed by atoms with Gasteiger partial charge in [-0.1, -0.05) is 99.6 Å². The number of aromatic nitrogens is 1. The molecule has 4 aromatic carbocycles. The van der Waals surface area contributed by atoms with Gasteiger partial charge in [0.25, 0.3) is 6.47 Å². The summed E-state index contributed by atoms with van der Waals surface area (Å²) >= 11 is 0. The highest BCUT2D eigenvalue weighted by Gasteiger charge is 2.41. The van der Waals surface area contributed by atoms with Crippen molar-refractivity contribution in [3.8, 4) is 11.5 Å². The number of fused-ring (bicyclic) bond motifs is 4. The number of hydrogen-bond donors (Lipinski definition) is 3. The van der Waals surface area contributed by atoms with E-state index < -0.39 is 44.2 Å². The van der Waals surface area contributed by atoms with Crippen LogP contribution in [0.3, 0.4) is 0 Å². The van der Waals surface area contributed by atoms with E-state index in [4.69, 9.17) is 42.4 Å². The van der Waals surface area contributed by atoms with Gasteiger partial charge in [-0.15, -0.1) is 0 Å². The molecule has 1 unspecified atom stereocenters. The molecule has 79 heavy (non-hydrogen) atoms. The van der Waals surface area contributed by atoms with Crippen molar-refractivity contribution in [2.45, 2.75) is 122 Å². The maximum Gasteiger partial charge on any atom is 0.410 e. The standard InChI is InChI=1S/C60H74N4O11Si.CH2O2/c1-59(2,3)74-58(68)64(38-52(75-76(7,8)60(4,5)6)47-25-28-49(55-48(47)26-29-53(65)61-55)71-39-41-18-11-9-12-19-41)32-15-16-35-69-56(66)50-27-24-46(72-50)40-70-45-23-17-22-44(36-45)54(43-20-13-10-14-21-43)62-57(67)73-51-37-63-33-30-42(51)31-34-63;2-1-3/h9-14,17-29,36,42,51-52,54H,15-16,30-35,37-40H2,1-8H3,(H,61,65)(H,62,67);1H,(H,2,3)/t51-,52-,54?;/m0./s1. The van der Waals surface area contributed by atoms with Crippen molar-refractivity contribution < 1.29 is 56.8 Å². The number of aromatic amines is 1. The Bertz CT molecular complexity index is 3020. The number of ether oxygens (including phenoxy) is 5. The molecule has 6 aromatic rings. The Balaban J connectivity index is 0.00000294. The summed E-state index contributed by atoms with van der Waals surface area (Å²) < 4.78 is 43.1. The predicted octanol–water partition coefficient (Wildman–Crippen LogP) is 11.8. The van der Waals surface area contributed by atoms with Crippen molar-refractivity contribution in [3.05, 3.63) is 165 Å². The summed E-state index contributed by atoms with van der Waals surface area (Å²) in [7, 11) is -2.49. The summed E-state index contributed by atoms with van der Waals surface area (Å²) in [6, 6.07) is 36.9. The van der Waals surface area contributed by atoms with Gasteiger partial charge in [0, 0.05) is 24.5 Å². The number of H-pyrrole nitrogens is 1. The fourth-order valence-corrected chi connectivity index (χ4v) is 10.6. The van der Waals surface area contributed by atoms with Crippen LogP contribution in [0.2, 0.25) is 18.1 Å². The van der Waals surface area contributed by atoms with Crippen LogP contribution in [0.4, 0.5) is 9.59 Å². The lowest BCUT2D eigenvalue weighted by molar-refractivity contribution is -0.122. The first-order valence-corrected chi connectivity index (χ1v) is 29.9. The number of amides is 2. The third kappa shape index (κ3) is 16.8. The van der Waals surface area contributed by atoms with Crippen LogP contribution in [0.5, 0.6) is 11.5 Å². The second kappa shape index (κ2) is 27.0. The number of esters is 1. The fraction of sp³-hybridized carbons (Fsp3) is 0.426. The SMILES string of the molecule is CC(C)(C)OC(=O)N(CCCCOC(=O)c1ccc(COc2cccc(C(NC(=O)O[C@H]3CN4CCC3CC4)c3ccccc3)c2)o1)C[C@H](O[Si](C)(C)C(C)(C)C)c1ccc(OCc2ccccc2)c2[nH]c(=O)ccc12.O=CO. The molecule has 3 saturated heterocycles. The molecule has 0 spiro atoms. The molecule has 3 aliphatic rings. The van der Waals surface area contributed by atoms with Gasteiger partial charge in [0.2, 0.25) is 11.3 Å². The molecule has 17 nitrogen and oxygen atoms in total. The predicted molar refractivity (Wildman–Crippen MR) is 303 cm³/mol. The molecule has 0 radical (unpaired) electrons. The lowest BCUT2D eigenvalue weighted by atomic mass is 9.86. The van der Waals surface area contributed by atoms with Gasteiger partial charge < -0.3 is 52.8 Å². The third-order valence-corrected chi connectivity index (χ3v) is 19.0. The van der Waals surface area contributed by atoms with Crippen LogP contribution in [0.25, 0.3) is 10.9 Å². The molecule has 3 fully saturated rings. The van der Waals surface area contributed by atoms with Gasteiger partial charge in [-0.3, -0.25) is 14.5 Å². The molecule has 2 aromatic heterocycles. The normalized spacial score (nSPS) is 16.8. The number of nitrogens with zero attached hydrogens (tertiary/aromatic N) is 2. The Kier molecular flexibility index (Phi) is 20.2. The number of unbranched alkanes of at least 4 members (excludes halogenated alkanes) is 1. The summed E-state index contributed by atoms with van der Waals surface area (Å²) in [5, 5.41) is 10.6. The first kappa shape index (κ1) is 59.3. The molecule has 18 heteroatoms. The van der Waals surface area contributed by atoms with E-state index in [0.717, 1.165) is 60.1 Å². The number of pyridine rings is 1. The largest absolute Gasteiger partial charge is 0.487 e. The van der Waals surface area contributed by atoms with Gasteiger partial charge in [0.15, 0.2) is 8.32 Å². The maximum atomic E-state index is 14.1. The lowest BCUT2D eigenvalue weighted by Gasteiger charge is -2.43. The molecule has 0 saturated carbocycles. The van der Waals surface area contributed by atoms with E-state index in [1.54, 1.807) is 23.1 Å². The van der Waals surface area contributed by atoms with E-state index in [1.165, 1.54) is 6.07 Å². The van der Waals surface area contributed by atoms with Gasteiger partial charge >= 0.3 is 18.2 Å². The molecular formula is C61H76N4O13Si. The molecule has 9 rings (SSSR count). The third-order valence-electron chi connectivity index (χ3n) is 14.5. The van der Waals surface area contributed by atoms with Crippen LogP contribution in [-0.4, -0.2) is 104 Å². The van der Waals surface area contributed by atoms with Crippen LogP contribution >= 0.6 is 0 Å². The minimum absolute atomic E-state index is 0.0354. The molecule has 2 bridgehead atoms. The molecule has 2 amide bonds. The summed E-state index contributed by atoms with van der Waals surface area (Å²) in [4.78, 5) is 68.8. The molecule has 3 atom stereocenters. The quantitative estimate of drug-likeness (QED) is 0.0201. The average Bonchev–Trinajstić information content (AvgIpc) is 3.97. The number of piperidine rings is 3. The van der Waals surface area contributed by atoms with Crippen molar-refractivity contribution in [2.24, 2.45) is 5.92 Å². The molecule has 3 N–H and O–H groups in total. The molecular weight excluding hydrogens is 1020 g/mol. The Morgan fingerprint density at radius 1 is 0.848 bits per heavy atom. The van der Waals surface area contributed by atoms with Crippen LogP contribution in [0.1, 0.15) is 118 Å². The minimum Gasteiger partial charge on any atom is -0.487 e. The first-order chi connectivity index (χ1) is 37.7. The van der Waals surface area contributed by atoms with E-state index in [-0.39, 0.29) is 55.2 Å². The van der Waals surface area contributed by atoms with Gasteiger partial charge in [-0.25, -0.2) is 14.4 Å². The fourth-order valence-electron chi connectivity index (χ4n) is 9.38. The van der Waals surface area contributed by atoms with Crippen molar-refractivity contribution in [1.29, 1.82) is 0 Å². The van der Waals surface area contributed by atoms with Crippen LogP contribution in [0, 0.1) is 5.92 Å². The van der Waals surface area contributed by atoms with Crippen molar-refractivity contribution in [3.63, 3.8) is 0 Å². The van der Waals surface area contributed by atoms with Gasteiger partial charge in [0.05, 0.1) is 30.8 Å². The zero-order chi connectivity index (χ0) is 56.7. The van der Waals surface area contributed by atoms with E-state index in [2.05, 4.69) is 49.1 Å². The van der Waals surface area contributed by atoms with E-state index in [9.17, 15) is 19.2 Å². The highest BCUT2D eigenvalue weighted by atomic mass is 28.4. The number of carbonyl (C=O) groups is 4. The van der Waals surface area contributed by atoms with E-state index in [0.29, 0.717) is 48.1 Å². The topological polar surface area (TPSA) is 208 Å². The Labute approximate surface area is 463 Å². The van der Waals surface area contributed by atoms with E-state index in [1.807, 2.05) is 118 Å². The minimum atomic E-state index is -2.49. The average molecular weight is 1100 g/mol. The molecule has 422 valence electrons.